The van der Waals surface area contributed by atoms with Gasteiger partial charge in [-0.2, -0.15) is 8.78 Å². The van der Waals surface area contributed by atoms with E-state index in [9.17, 15) is 19.2 Å². The van der Waals surface area contributed by atoms with Crippen molar-refractivity contribution in [1.29, 1.82) is 0 Å². The molecule has 1 spiro atoms. The lowest BCUT2D eigenvalue weighted by Gasteiger charge is -2.36. The van der Waals surface area contributed by atoms with E-state index in [1.807, 2.05) is 78.8 Å². The molecule has 65 heavy (non-hydrogen) atoms. The van der Waals surface area contributed by atoms with Crippen molar-refractivity contribution in [1.82, 2.24) is 40.4 Å². The van der Waals surface area contributed by atoms with Gasteiger partial charge in [0.15, 0.2) is 0 Å². The minimum absolute atomic E-state index is 0.00649. The second kappa shape index (κ2) is 17.2. The summed E-state index contributed by atoms with van der Waals surface area (Å²) in [7, 11) is 2.52. The maximum Gasteiger partial charge on any atom is 0.407 e. The van der Waals surface area contributed by atoms with Crippen LogP contribution in [-0.4, -0.2) is 93.1 Å². The summed E-state index contributed by atoms with van der Waals surface area (Å²) in [6.07, 6.45) is 2.98. The zero-order valence-corrected chi connectivity index (χ0v) is 38.3. The molecule has 1 unspecified atom stereocenters. The van der Waals surface area contributed by atoms with Crippen molar-refractivity contribution in [3.05, 3.63) is 83.6 Å². The molecule has 0 bridgehead atoms. The number of rotatable bonds is 13. The van der Waals surface area contributed by atoms with Gasteiger partial charge >= 0.3 is 12.2 Å². The fourth-order valence-corrected chi connectivity index (χ4v) is 9.71. The average Bonchev–Trinajstić information content (AvgIpc) is 3.60. The number of hydrogen-bond donors (Lipinski definition) is 4. The van der Waals surface area contributed by atoms with E-state index < -0.39 is 36.2 Å². The number of alkyl halides is 2. The van der Waals surface area contributed by atoms with Crippen LogP contribution in [0.4, 0.5) is 18.4 Å². The highest BCUT2D eigenvalue weighted by Crippen LogP contribution is 2.58. The summed E-state index contributed by atoms with van der Waals surface area (Å²) in [5, 5.41) is 5.38. The third-order valence-corrected chi connectivity index (χ3v) is 13.5. The molecule has 4 amide bonds. The molecule has 14 nitrogen and oxygen atoms in total. The van der Waals surface area contributed by atoms with Crippen molar-refractivity contribution < 1.29 is 37.4 Å². The molecule has 1 saturated heterocycles. The summed E-state index contributed by atoms with van der Waals surface area (Å²) in [6, 6.07) is 13.4. The average molecular weight is 893 g/mol. The van der Waals surface area contributed by atoms with E-state index in [0.717, 1.165) is 19.3 Å². The Bertz CT molecular complexity index is 2650. The first-order valence-corrected chi connectivity index (χ1v) is 22.4. The number of imidazole rings is 2. The highest BCUT2D eigenvalue weighted by Gasteiger charge is 2.55. The van der Waals surface area contributed by atoms with Crippen LogP contribution in [0.25, 0.3) is 44.5 Å². The van der Waals surface area contributed by atoms with Crippen molar-refractivity contribution in [2.24, 2.45) is 23.2 Å². The van der Waals surface area contributed by atoms with Crippen molar-refractivity contribution in [2.75, 3.05) is 27.3 Å². The van der Waals surface area contributed by atoms with Gasteiger partial charge in [-0.1, -0.05) is 71.9 Å². The first-order valence-electron chi connectivity index (χ1n) is 22.4. The number of H-pyrrole nitrogens is 2. The van der Waals surface area contributed by atoms with E-state index in [1.165, 1.54) is 20.3 Å². The number of alkyl carbamates (subject to hydrolysis) is 2. The molecule has 3 heterocycles. The number of nitrogens with one attached hydrogen (secondary N) is 4. The number of hydrogen-bond acceptors (Lipinski definition) is 8. The Morgan fingerprint density at radius 3 is 1.98 bits per heavy atom. The number of benzene rings is 3. The first kappa shape index (κ1) is 45.3. The van der Waals surface area contributed by atoms with Crippen molar-refractivity contribution in [3.8, 4) is 33.5 Å². The number of amides is 4. The number of likely N-dealkylation sites (tertiary alicyclic amines) is 1. The van der Waals surface area contributed by atoms with E-state index in [1.54, 1.807) is 34.2 Å². The van der Waals surface area contributed by atoms with Crippen LogP contribution in [0.2, 0.25) is 0 Å². The molecule has 2 aromatic heterocycles. The summed E-state index contributed by atoms with van der Waals surface area (Å²) in [6.45, 7) is 14.3. The standard InChI is InChI=1S/C49H58F2N8O6/c1-10-58(44(60)39(25(2)3)56-46(62)64-8)41(27(6)7)43-53-35-16-13-29(21-36(35)54-43)28-11-14-31-32-15-12-30(20-34(32)49(50,51)33(31)19-28)37-23-52-42(55-37)38-22-48(17-18-48)24-59(38)45(61)40(26(4)5)57-47(63)65-9/h11-16,19-21,23,25-27,38-41H,10,17-18,22,24H2,1-9H3,(H,52,55)(H,53,54)(H,56,62)(H,57,63)/t38-,39?,40-,41-/m0/s1. The predicted molar refractivity (Wildman–Crippen MR) is 242 cm³/mol. The van der Waals surface area contributed by atoms with Crippen LogP contribution >= 0.6 is 0 Å². The Morgan fingerprint density at radius 2 is 1.40 bits per heavy atom. The molecule has 4 N–H and O–H groups in total. The second-order valence-corrected chi connectivity index (χ2v) is 18.8. The number of aromatic amines is 2. The SMILES string of the molecule is CCN(C(=O)C(NC(=O)OC)C(C)C)[C@H](c1nc2ccc(-c3ccc4c(c3)C(F)(F)c3cc(-c5cnc([C@@H]6CC7(CC7)CN6C(=O)[C@@H](NC(=O)OC)C(C)C)[nH]5)ccc3-4)cc2[nH]1)C(C)C. The molecular formula is C49H58F2N8O6. The monoisotopic (exact) mass is 892 g/mol. The minimum Gasteiger partial charge on any atom is -0.453 e. The molecule has 344 valence electrons. The Hall–Kier alpha value is -6.32. The highest BCUT2D eigenvalue weighted by atomic mass is 19.3. The lowest BCUT2D eigenvalue weighted by atomic mass is 9.97. The van der Waals surface area contributed by atoms with Crippen LogP contribution in [0.1, 0.15) is 103 Å². The maximum absolute atomic E-state index is 16.7. The second-order valence-electron chi connectivity index (χ2n) is 18.8. The third kappa shape index (κ3) is 8.31. The van der Waals surface area contributed by atoms with E-state index >= 15 is 8.78 Å². The maximum atomic E-state index is 16.7. The fourth-order valence-electron chi connectivity index (χ4n) is 9.71. The smallest absolute Gasteiger partial charge is 0.407 e. The zero-order chi connectivity index (χ0) is 46.7. The van der Waals surface area contributed by atoms with E-state index in [2.05, 4.69) is 20.6 Å². The Labute approximate surface area is 377 Å². The van der Waals surface area contributed by atoms with E-state index in [0.29, 0.717) is 69.3 Å². The van der Waals surface area contributed by atoms with Gasteiger partial charge in [0.05, 0.1) is 49.2 Å². The Balaban J connectivity index is 1.04. The highest BCUT2D eigenvalue weighted by molar-refractivity contribution is 5.89. The van der Waals surface area contributed by atoms with Crippen LogP contribution in [-0.2, 0) is 25.0 Å². The summed E-state index contributed by atoms with van der Waals surface area (Å²) in [5.41, 5.74) is 4.49. The predicted octanol–water partition coefficient (Wildman–Crippen LogP) is 9.10. The number of fused-ring (bicyclic) bond motifs is 4. The van der Waals surface area contributed by atoms with Gasteiger partial charge in [-0.3, -0.25) is 9.59 Å². The molecule has 2 fully saturated rings. The summed E-state index contributed by atoms with van der Waals surface area (Å²) < 4.78 is 42.9. The molecule has 3 aliphatic rings. The molecule has 1 saturated carbocycles. The molecule has 8 rings (SSSR count). The molecule has 4 atom stereocenters. The van der Waals surface area contributed by atoms with Gasteiger partial charge in [0.2, 0.25) is 11.8 Å². The third-order valence-electron chi connectivity index (χ3n) is 13.5. The number of aromatic nitrogens is 4. The molecule has 16 heteroatoms. The van der Waals surface area contributed by atoms with Crippen molar-refractivity contribution in [2.45, 2.75) is 97.8 Å². The van der Waals surface area contributed by atoms with Gasteiger partial charge in [-0.25, -0.2) is 19.6 Å². The first-order chi connectivity index (χ1) is 30.9. The molecule has 5 aromatic rings. The van der Waals surface area contributed by atoms with Gasteiger partial charge < -0.3 is 39.9 Å². The minimum atomic E-state index is -3.30. The lowest BCUT2D eigenvalue weighted by molar-refractivity contribution is -0.138. The molecule has 0 radical (unpaired) electrons. The quantitative estimate of drug-likeness (QED) is 0.0906. The van der Waals surface area contributed by atoms with Gasteiger partial charge in [-0.05, 0) is 95.9 Å². The zero-order valence-electron chi connectivity index (χ0n) is 38.3. The number of nitrogens with zero attached hydrogens (tertiary/aromatic N) is 4. The number of carbonyl (C=O) groups excluding carboxylic acids is 4. The van der Waals surface area contributed by atoms with Gasteiger partial charge in [0.25, 0.3) is 5.92 Å². The summed E-state index contributed by atoms with van der Waals surface area (Å²) >= 11 is 0. The van der Waals surface area contributed by atoms with Crippen LogP contribution in [0, 0.1) is 23.2 Å². The molecular weight excluding hydrogens is 835 g/mol. The van der Waals surface area contributed by atoms with Gasteiger partial charge in [-0.15, -0.1) is 0 Å². The Morgan fingerprint density at radius 1 is 0.815 bits per heavy atom. The number of carbonyl (C=O) groups is 4. The number of likely N-dealkylation sites (N-methyl/N-ethyl adjacent to an activating group) is 1. The van der Waals surface area contributed by atoms with Crippen LogP contribution in [0.5, 0.6) is 0 Å². The summed E-state index contributed by atoms with van der Waals surface area (Å²) in [5.74, 6) is -3.05. The summed E-state index contributed by atoms with van der Waals surface area (Å²) in [4.78, 5) is 72.1. The molecule has 1 aliphatic heterocycles. The van der Waals surface area contributed by atoms with Crippen molar-refractivity contribution in [3.63, 3.8) is 0 Å². The van der Waals surface area contributed by atoms with Gasteiger partial charge in [0.1, 0.15) is 23.7 Å². The fraction of sp³-hybridized carbons (Fsp3) is 0.469. The molecule has 3 aromatic carbocycles. The number of halogens is 2. The topological polar surface area (TPSA) is 175 Å². The van der Waals surface area contributed by atoms with Crippen LogP contribution in [0.3, 0.4) is 0 Å². The van der Waals surface area contributed by atoms with Crippen molar-refractivity contribution >= 4 is 35.0 Å². The Kier molecular flexibility index (Phi) is 12.0. The number of ether oxygens (including phenoxy) is 2. The van der Waals surface area contributed by atoms with Crippen LogP contribution < -0.4 is 10.6 Å². The normalized spacial score (nSPS) is 18.1. The largest absolute Gasteiger partial charge is 0.453 e. The van der Waals surface area contributed by atoms with Gasteiger partial charge in [0, 0.05) is 29.8 Å². The van der Waals surface area contributed by atoms with E-state index in [4.69, 9.17) is 19.4 Å². The van der Waals surface area contributed by atoms with E-state index in [-0.39, 0.29) is 52.2 Å². The molecule has 2 aliphatic carbocycles. The van der Waals surface area contributed by atoms with Crippen LogP contribution in [0.15, 0.2) is 60.8 Å². The lowest BCUT2D eigenvalue weighted by Crippen LogP contribution is -2.52. The number of methoxy groups -OCH3 is 2.